The van der Waals surface area contributed by atoms with E-state index in [0.29, 0.717) is 35.3 Å². The standard InChI is InChI=1S/C32H28FN3O6/c1-3-32(41)21-11-25-29-19(13-36(25)30(39)20(21)14-42-31(32)40)28-23(34-26(38)10-16-4-6-17(37)7-5-16)9-8-18-15(2)22(33)12-24(35-29)27(18)28/h4-7,11-12,23,37,41H,3,8-10,13-14H2,1-2H3,(H,34,38)/t23-,32?/m0/s1. The summed E-state index contributed by atoms with van der Waals surface area (Å²) in [4.78, 5) is 44.4. The third-order valence-corrected chi connectivity index (χ3v) is 9.01. The van der Waals surface area contributed by atoms with Gasteiger partial charge in [-0.1, -0.05) is 19.1 Å². The fourth-order valence-corrected chi connectivity index (χ4v) is 6.74. The van der Waals surface area contributed by atoms with E-state index in [1.807, 2.05) is 0 Å². The van der Waals surface area contributed by atoms with Gasteiger partial charge in [0.25, 0.3) is 5.56 Å². The molecule has 2 aliphatic heterocycles. The minimum Gasteiger partial charge on any atom is -0.508 e. The number of ether oxygens (including phenoxy) is 1. The molecule has 1 aliphatic carbocycles. The van der Waals surface area contributed by atoms with Crippen molar-refractivity contribution >= 4 is 22.8 Å². The van der Waals surface area contributed by atoms with Crippen LogP contribution in [0.3, 0.4) is 0 Å². The highest BCUT2D eigenvalue weighted by Gasteiger charge is 2.46. The molecule has 1 unspecified atom stereocenters. The number of aliphatic hydroxyl groups is 1. The van der Waals surface area contributed by atoms with Crippen LogP contribution in [0, 0.1) is 12.7 Å². The zero-order valence-electron chi connectivity index (χ0n) is 23.1. The SMILES string of the molecule is CCC1(O)C(=O)OCc2c1cc1n(c2=O)Cc2c-1nc1cc(F)c(C)c3c1c2[C@@H](NC(=O)Cc1ccc(O)cc1)CC3. The number of fused-ring (bicyclic) bond motifs is 5. The molecule has 4 aromatic rings. The lowest BCUT2D eigenvalue weighted by Crippen LogP contribution is -2.44. The third kappa shape index (κ3) is 3.71. The third-order valence-electron chi connectivity index (χ3n) is 9.01. The molecule has 42 heavy (non-hydrogen) atoms. The summed E-state index contributed by atoms with van der Waals surface area (Å²) in [6.45, 7) is 3.32. The van der Waals surface area contributed by atoms with Gasteiger partial charge in [-0.3, -0.25) is 9.59 Å². The van der Waals surface area contributed by atoms with E-state index < -0.39 is 17.6 Å². The smallest absolute Gasteiger partial charge is 0.343 e. The summed E-state index contributed by atoms with van der Waals surface area (Å²) in [6, 6.07) is 9.05. The number of aromatic nitrogens is 2. The molecule has 0 saturated carbocycles. The topological polar surface area (TPSA) is 131 Å². The van der Waals surface area contributed by atoms with Gasteiger partial charge in [0.2, 0.25) is 5.91 Å². The average Bonchev–Trinajstić information content (AvgIpc) is 3.34. The first-order valence-electron chi connectivity index (χ1n) is 14.0. The molecular weight excluding hydrogens is 541 g/mol. The number of aromatic hydroxyl groups is 1. The summed E-state index contributed by atoms with van der Waals surface area (Å²) in [6.07, 6.45) is 1.21. The van der Waals surface area contributed by atoms with E-state index in [-0.39, 0.29) is 60.2 Å². The Morgan fingerprint density at radius 3 is 2.69 bits per heavy atom. The van der Waals surface area contributed by atoms with Crippen molar-refractivity contribution in [2.24, 2.45) is 0 Å². The molecule has 0 fully saturated rings. The van der Waals surface area contributed by atoms with Gasteiger partial charge < -0.3 is 24.8 Å². The van der Waals surface area contributed by atoms with Gasteiger partial charge in [0.15, 0.2) is 5.60 Å². The molecule has 7 rings (SSSR count). The van der Waals surface area contributed by atoms with Gasteiger partial charge in [-0.05, 0) is 66.6 Å². The minimum atomic E-state index is -1.96. The van der Waals surface area contributed by atoms with Crippen LogP contribution in [-0.2, 0) is 45.9 Å². The number of aryl methyl sites for hydroxylation is 1. The van der Waals surface area contributed by atoms with Crippen molar-refractivity contribution < 1.29 is 28.9 Å². The van der Waals surface area contributed by atoms with Crippen LogP contribution in [-0.4, -0.2) is 31.6 Å². The Morgan fingerprint density at radius 2 is 1.95 bits per heavy atom. The Balaban J connectivity index is 1.40. The Morgan fingerprint density at radius 1 is 1.19 bits per heavy atom. The highest BCUT2D eigenvalue weighted by Crippen LogP contribution is 2.46. The average molecular weight is 570 g/mol. The molecule has 1 amide bonds. The minimum absolute atomic E-state index is 0.0218. The molecule has 214 valence electrons. The summed E-state index contributed by atoms with van der Waals surface area (Å²) in [5, 5.41) is 24.7. The molecule has 2 aromatic heterocycles. The normalized spacial score (nSPS) is 20.1. The summed E-state index contributed by atoms with van der Waals surface area (Å²) in [7, 11) is 0. The van der Waals surface area contributed by atoms with Gasteiger partial charge in [0.05, 0.1) is 41.5 Å². The monoisotopic (exact) mass is 569 g/mol. The Labute approximate surface area is 239 Å². The van der Waals surface area contributed by atoms with Crippen LogP contribution in [0.4, 0.5) is 4.39 Å². The van der Waals surface area contributed by atoms with Crippen LogP contribution in [0.15, 0.2) is 41.2 Å². The maximum absolute atomic E-state index is 15.1. The lowest BCUT2D eigenvalue weighted by molar-refractivity contribution is -0.172. The van der Waals surface area contributed by atoms with Gasteiger partial charge in [0.1, 0.15) is 18.2 Å². The van der Waals surface area contributed by atoms with Crippen LogP contribution in [0.5, 0.6) is 5.75 Å². The highest BCUT2D eigenvalue weighted by atomic mass is 19.1. The fourth-order valence-electron chi connectivity index (χ4n) is 6.74. The number of carbonyl (C=O) groups excluding carboxylic acids is 2. The lowest BCUT2D eigenvalue weighted by atomic mass is 9.81. The molecule has 0 bridgehead atoms. The number of rotatable bonds is 4. The van der Waals surface area contributed by atoms with E-state index in [4.69, 9.17) is 9.72 Å². The quantitative estimate of drug-likeness (QED) is 0.282. The van der Waals surface area contributed by atoms with Crippen molar-refractivity contribution in [3.05, 3.63) is 91.5 Å². The molecule has 4 heterocycles. The summed E-state index contributed by atoms with van der Waals surface area (Å²) in [5.41, 5.74) is 3.04. The number of carbonyl (C=O) groups is 2. The lowest BCUT2D eigenvalue weighted by Gasteiger charge is -2.31. The highest BCUT2D eigenvalue weighted by molar-refractivity contribution is 5.94. The van der Waals surface area contributed by atoms with Gasteiger partial charge in [-0.25, -0.2) is 14.2 Å². The van der Waals surface area contributed by atoms with Crippen molar-refractivity contribution in [3.63, 3.8) is 0 Å². The van der Waals surface area contributed by atoms with Gasteiger partial charge in [-0.2, -0.15) is 0 Å². The van der Waals surface area contributed by atoms with Gasteiger partial charge in [0, 0.05) is 22.6 Å². The Kier molecular flexibility index (Phi) is 5.78. The molecule has 3 N–H and O–H groups in total. The number of pyridine rings is 2. The van der Waals surface area contributed by atoms with E-state index in [1.165, 1.54) is 18.2 Å². The number of hydrogen-bond acceptors (Lipinski definition) is 7. The maximum Gasteiger partial charge on any atom is 0.343 e. The number of phenols is 1. The van der Waals surface area contributed by atoms with Crippen LogP contribution in [0.25, 0.3) is 22.3 Å². The number of esters is 1. The Bertz CT molecular complexity index is 1920. The maximum atomic E-state index is 15.1. The van der Waals surface area contributed by atoms with E-state index in [2.05, 4.69) is 5.32 Å². The Hall–Kier alpha value is -4.57. The van der Waals surface area contributed by atoms with Crippen molar-refractivity contribution in [2.45, 2.75) is 64.3 Å². The first-order chi connectivity index (χ1) is 20.1. The van der Waals surface area contributed by atoms with E-state index in [1.54, 1.807) is 36.6 Å². The zero-order chi connectivity index (χ0) is 29.5. The molecule has 2 atom stereocenters. The number of nitrogens with zero attached hydrogens (tertiary/aromatic N) is 2. The summed E-state index contributed by atoms with van der Waals surface area (Å²) in [5.74, 6) is -1.28. The number of benzene rings is 2. The number of cyclic esters (lactones) is 1. The largest absolute Gasteiger partial charge is 0.508 e. The first-order valence-corrected chi connectivity index (χ1v) is 14.0. The predicted molar refractivity (Wildman–Crippen MR) is 150 cm³/mol. The van der Waals surface area contributed by atoms with E-state index >= 15 is 4.39 Å². The van der Waals surface area contributed by atoms with Crippen molar-refractivity contribution in [1.29, 1.82) is 0 Å². The van der Waals surface area contributed by atoms with Crippen molar-refractivity contribution in [2.75, 3.05) is 0 Å². The predicted octanol–water partition coefficient (Wildman–Crippen LogP) is 3.58. The number of phenolic OH excluding ortho intramolecular Hbond substituents is 1. The molecule has 9 nitrogen and oxygen atoms in total. The molecule has 2 aromatic carbocycles. The number of amides is 1. The van der Waals surface area contributed by atoms with Crippen LogP contribution >= 0.6 is 0 Å². The van der Waals surface area contributed by atoms with E-state index in [9.17, 15) is 24.6 Å². The molecule has 10 heteroatoms. The van der Waals surface area contributed by atoms with Crippen molar-refractivity contribution in [1.82, 2.24) is 14.9 Å². The molecule has 0 saturated heterocycles. The molecule has 0 radical (unpaired) electrons. The van der Waals surface area contributed by atoms with Crippen LogP contribution in [0.2, 0.25) is 0 Å². The van der Waals surface area contributed by atoms with Gasteiger partial charge in [-0.15, -0.1) is 0 Å². The molecule has 3 aliphatic rings. The first kappa shape index (κ1) is 26.3. The van der Waals surface area contributed by atoms with Gasteiger partial charge >= 0.3 is 5.97 Å². The fraction of sp³-hybridized carbons (Fsp3) is 0.312. The van der Waals surface area contributed by atoms with Crippen LogP contribution < -0.4 is 10.9 Å². The van der Waals surface area contributed by atoms with Crippen LogP contribution in [0.1, 0.15) is 64.8 Å². The molecular formula is C32H28FN3O6. The second-order valence-corrected chi connectivity index (χ2v) is 11.3. The second kappa shape index (κ2) is 9.22. The van der Waals surface area contributed by atoms with E-state index in [0.717, 1.165) is 27.6 Å². The molecule has 0 spiro atoms. The number of nitrogens with one attached hydrogen (secondary N) is 1. The number of halogens is 1. The van der Waals surface area contributed by atoms with Crippen molar-refractivity contribution in [3.8, 4) is 17.1 Å². The number of hydrogen-bond donors (Lipinski definition) is 3. The summed E-state index contributed by atoms with van der Waals surface area (Å²) < 4.78 is 21.8. The summed E-state index contributed by atoms with van der Waals surface area (Å²) >= 11 is 0. The zero-order valence-corrected chi connectivity index (χ0v) is 23.1. The second-order valence-electron chi connectivity index (χ2n) is 11.3.